The Hall–Kier alpha value is -3.05. The van der Waals surface area contributed by atoms with E-state index >= 15 is 0 Å². The van der Waals surface area contributed by atoms with Gasteiger partial charge in [-0.15, -0.1) is 0 Å². The third-order valence-electron chi connectivity index (χ3n) is 7.62. The Labute approximate surface area is 226 Å². The van der Waals surface area contributed by atoms with E-state index in [1.54, 1.807) is 18.2 Å². The number of piperidine rings is 1. The monoisotopic (exact) mass is 560 g/mol. The Morgan fingerprint density at radius 1 is 1.00 bits per heavy atom. The molecule has 5 rings (SSSR count). The van der Waals surface area contributed by atoms with E-state index in [1.165, 1.54) is 36.9 Å². The van der Waals surface area contributed by atoms with E-state index in [4.69, 9.17) is 4.74 Å². The van der Waals surface area contributed by atoms with Crippen LogP contribution in [0.4, 0.5) is 13.2 Å². The van der Waals surface area contributed by atoms with Crippen molar-refractivity contribution in [1.29, 1.82) is 0 Å². The first-order valence-corrected chi connectivity index (χ1v) is 14.9. The average molecular weight is 561 g/mol. The molecule has 1 aliphatic carbocycles. The minimum atomic E-state index is -4.37. The molecule has 7 nitrogen and oxygen atoms in total. The molecule has 1 aromatic carbocycles. The first kappa shape index (κ1) is 27.5. The predicted molar refractivity (Wildman–Crippen MR) is 139 cm³/mol. The van der Waals surface area contributed by atoms with Crippen LogP contribution in [0, 0.1) is 0 Å². The average Bonchev–Trinajstić information content (AvgIpc) is 2.94. The van der Waals surface area contributed by atoms with Crippen molar-refractivity contribution in [2.45, 2.75) is 73.4 Å². The van der Waals surface area contributed by atoms with Crippen LogP contribution in [0.15, 0.2) is 66.1 Å². The van der Waals surface area contributed by atoms with E-state index in [2.05, 4.69) is 19.9 Å². The molecule has 11 heteroatoms. The van der Waals surface area contributed by atoms with Crippen molar-refractivity contribution < 1.29 is 26.3 Å². The molecule has 1 aliphatic heterocycles. The normalized spacial score (nSPS) is 22.9. The maximum atomic E-state index is 13.3. The number of aromatic nitrogens is 3. The van der Waals surface area contributed by atoms with E-state index in [-0.39, 0.29) is 28.7 Å². The van der Waals surface area contributed by atoms with Crippen LogP contribution in [-0.2, 0) is 21.8 Å². The van der Waals surface area contributed by atoms with Gasteiger partial charge in [-0.05, 0) is 74.9 Å². The van der Waals surface area contributed by atoms with Gasteiger partial charge in [0.15, 0.2) is 9.84 Å². The lowest BCUT2D eigenvalue weighted by atomic mass is 9.78. The number of ether oxygens (including phenoxy) is 1. The zero-order valence-corrected chi connectivity index (χ0v) is 22.2. The van der Waals surface area contributed by atoms with Crippen LogP contribution in [0.25, 0.3) is 0 Å². The number of sulfone groups is 1. The highest BCUT2D eigenvalue weighted by Gasteiger charge is 2.38. The Morgan fingerprint density at radius 3 is 2.51 bits per heavy atom. The summed E-state index contributed by atoms with van der Waals surface area (Å²) in [6, 6.07) is 10.3. The number of rotatable bonds is 7. The number of nitrogens with zero attached hydrogens (tertiary/aromatic N) is 4. The van der Waals surface area contributed by atoms with Gasteiger partial charge < -0.3 is 4.74 Å². The highest BCUT2D eigenvalue weighted by Crippen LogP contribution is 2.39. The van der Waals surface area contributed by atoms with E-state index in [0.717, 1.165) is 38.4 Å². The van der Waals surface area contributed by atoms with Crippen LogP contribution in [0.5, 0.6) is 5.88 Å². The molecule has 3 aromatic rings. The molecule has 2 aromatic heterocycles. The molecule has 0 N–H and O–H groups in total. The number of hydrogen-bond donors (Lipinski definition) is 0. The summed E-state index contributed by atoms with van der Waals surface area (Å²) in [4.78, 5) is 14.6. The third kappa shape index (κ3) is 6.75. The summed E-state index contributed by atoms with van der Waals surface area (Å²) in [5.74, 6) is 0.0791. The fourth-order valence-electron chi connectivity index (χ4n) is 5.62. The molecule has 208 valence electrons. The lowest BCUT2D eigenvalue weighted by Crippen LogP contribution is -2.51. The van der Waals surface area contributed by atoms with Crippen LogP contribution in [0.1, 0.15) is 61.3 Å². The van der Waals surface area contributed by atoms with Crippen LogP contribution >= 0.6 is 0 Å². The van der Waals surface area contributed by atoms with E-state index in [9.17, 15) is 21.6 Å². The van der Waals surface area contributed by atoms with Crippen molar-refractivity contribution >= 4 is 9.84 Å². The summed E-state index contributed by atoms with van der Waals surface area (Å²) < 4.78 is 71.9. The second-order valence-corrected chi connectivity index (χ2v) is 12.2. The smallest absolute Gasteiger partial charge is 0.416 e. The van der Waals surface area contributed by atoms with Crippen molar-refractivity contribution in [3.63, 3.8) is 0 Å². The maximum Gasteiger partial charge on any atom is 0.416 e. The topological polar surface area (TPSA) is 85.3 Å². The number of hydrogen-bond acceptors (Lipinski definition) is 7. The first-order chi connectivity index (χ1) is 18.7. The number of pyridine rings is 1. The maximum absolute atomic E-state index is 13.3. The molecule has 1 saturated carbocycles. The fourth-order valence-corrected chi connectivity index (χ4v) is 6.83. The van der Waals surface area contributed by atoms with Gasteiger partial charge in [-0.25, -0.2) is 23.4 Å². The van der Waals surface area contributed by atoms with Gasteiger partial charge in [0.25, 0.3) is 0 Å². The highest BCUT2D eigenvalue weighted by molar-refractivity contribution is 7.90. The summed E-state index contributed by atoms with van der Waals surface area (Å²) in [5, 5.41) is 0. The SMILES string of the molecule is O=S(=O)(Cc1ccncn1)c1ccc(O[C@H]2CC[C@H](c3cccc(C(F)(F)F)c3)C[C@@H]2N2CCCCC2)nc1. The number of likely N-dealkylation sites (tertiary alicyclic amines) is 1. The van der Waals surface area contributed by atoms with Gasteiger partial charge >= 0.3 is 6.18 Å². The molecule has 2 fully saturated rings. The lowest BCUT2D eigenvalue weighted by molar-refractivity contribution is -0.137. The molecule has 3 heterocycles. The predicted octanol–water partition coefficient (Wildman–Crippen LogP) is 5.43. The Balaban J connectivity index is 1.31. The number of benzene rings is 1. The minimum Gasteiger partial charge on any atom is -0.473 e. The van der Waals surface area contributed by atoms with Gasteiger partial charge in [0.1, 0.15) is 12.4 Å². The number of halogens is 3. The summed E-state index contributed by atoms with van der Waals surface area (Å²) in [6.07, 6.45) is 4.91. The van der Waals surface area contributed by atoms with E-state index in [0.29, 0.717) is 36.4 Å². The van der Waals surface area contributed by atoms with Crippen molar-refractivity contribution in [1.82, 2.24) is 19.9 Å². The zero-order valence-electron chi connectivity index (χ0n) is 21.4. The third-order valence-corrected chi connectivity index (χ3v) is 9.26. The standard InChI is InChI=1S/C28H31F3N4O3S/c29-28(30,31)22-6-4-5-20(15-22)21-7-9-26(25(16-21)35-13-2-1-3-14-35)38-27-10-8-24(17-33-27)39(36,37)18-23-11-12-32-19-34-23/h4-6,8,10-12,15,17,19,21,25-26H,1-3,7,9,13-14,16,18H2/t21-,25-,26-/m0/s1. The highest BCUT2D eigenvalue weighted by atomic mass is 32.2. The molecule has 1 saturated heterocycles. The lowest BCUT2D eigenvalue weighted by Gasteiger charge is -2.44. The fraction of sp³-hybridized carbons (Fsp3) is 0.464. The van der Waals surface area contributed by atoms with Crippen LogP contribution in [0.3, 0.4) is 0 Å². The van der Waals surface area contributed by atoms with Gasteiger partial charge in [0.05, 0.1) is 21.9 Å². The Bertz CT molecular complexity index is 1350. The largest absolute Gasteiger partial charge is 0.473 e. The summed E-state index contributed by atoms with van der Waals surface area (Å²) >= 11 is 0. The Kier molecular flexibility index (Phi) is 8.18. The van der Waals surface area contributed by atoms with Crippen molar-refractivity contribution in [3.8, 4) is 5.88 Å². The summed E-state index contributed by atoms with van der Waals surface area (Å²) in [5.41, 5.74) is 0.487. The second-order valence-electron chi connectivity index (χ2n) is 10.2. The molecule has 0 radical (unpaired) electrons. The summed E-state index contributed by atoms with van der Waals surface area (Å²) in [6.45, 7) is 1.85. The van der Waals surface area contributed by atoms with E-state index < -0.39 is 21.6 Å². The Morgan fingerprint density at radius 2 is 1.82 bits per heavy atom. The van der Waals surface area contributed by atoms with Gasteiger partial charge in [-0.1, -0.05) is 24.6 Å². The van der Waals surface area contributed by atoms with Gasteiger partial charge in [-0.2, -0.15) is 13.2 Å². The van der Waals surface area contributed by atoms with Crippen molar-refractivity contribution in [3.05, 3.63) is 78.0 Å². The molecule has 3 atom stereocenters. The van der Waals surface area contributed by atoms with Gasteiger partial charge in [-0.3, -0.25) is 4.90 Å². The number of alkyl halides is 3. The quantitative estimate of drug-likeness (QED) is 0.381. The van der Waals surface area contributed by atoms with Crippen molar-refractivity contribution in [2.24, 2.45) is 0 Å². The van der Waals surface area contributed by atoms with Gasteiger partial charge in [0.2, 0.25) is 5.88 Å². The second kappa shape index (κ2) is 11.6. The molecule has 0 spiro atoms. The molecule has 0 unspecified atom stereocenters. The van der Waals surface area contributed by atoms with Crippen LogP contribution in [0.2, 0.25) is 0 Å². The molecule has 39 heavy (non-hydrogen) atoms. The zero-order chi connectivity index (χ0) is 27.5. The molecular formula is C28H31F3N4O3S. The van der Waals surface area contributed by atoms with Gasteiger partial charge in [0, 0.05) is 24.5 Å². The van der Waals surface area contributed by atoms with Crippen LogP contribution in [-0.4, -0.2) is 53.5 Å². The molecule has 2 aliphatic rings. The minimum absolute atomic E-state index is 0.00125. The molecule has 0 bridgehead atoms. The first-order valence-electron chi connectivity index (χ1n) is 13.2. The van der Waals surface area contributed by atoms with Crippen LogP contribution < -0.4 is 4.74 Å². The van der Waals surface area contributed by atoms with Crippen molar-refractivity contribution in [2.75, 3.05) is 13.1 Å². The summed E-state index contributed by atoms with van der Waals surface area (Å²) in [7, 11) is -3.64. The molecule has 0 amide bonds. The molecular weight excluding hydrogens is 529 g/mol. The van der Waals surface area contributed by atoms with E-state index in [1.807, 2.05) is 0 Å².